The molecule has 6 nitrogen and oxygen atoms in total. The zero-order valence-corrected chi connectivity index (χ0v) is 11.1. The molecule has 2 N–H and O–H groups in total. The number of ether oxygens (including phenoxy) is 1. The fourth-order valence-electron chi connectivity index (χ4n) is 2.58. The normalized spacial score (nSPS) is 16.7. The molecule has 0 aliphatic heterocycles. The van der Waals surface area contributed by atoms with Crippen LogP contribution in [0.3, 0.4) is 0 Å². The van der Waals surface area contributed by atoms with Crippen LogP contribution >= 0.6 is 0 Å². The summed E-state index contributed by atoms with van der Waals surface area (Å²) in [7, 11) is 1.79. The van der Waals surface area contributed by atoms with E-state index in [2.05, 4.69) is 25.5 Å². The van der Waals surface area contributed by atoms with E-state index in [4.69, 9.17) is 4.74 Å². The van der Waals surface area contributed by atoms with Crippen molar-refractivity contribution < 1.29 is 4.74 Å². The van der Waals surface area contributed by atoms with Gasteiger partial charge in [0.25, 0.3) is 0 Å². The summed E-state index contributed by atoms with van der Waals surface area (Å²) in [6.45, 7) is 0.737. The van der Waals surface area contributed by atoms with E-state index in [1.807, 2.05) is 0 Å². The Balaban J connectivity index is 1.77. The molecule has 2 aromatic rings. The van der Waals surface area contributed by atoms with Crippen LogP contribution in [0.4, 0.5) is 5.95 Å². The Morgan fingerprint density at radius 3 is 2.95 bits per heavy atom. The van der Waals surface area contributed by atoms with Crippen LogP contribution in [0.2, 0.25) is 0 Å². The van der Waals surface area contributed by atoms with Crippen molar-refractivity contribution in [1.29, 1.82) is 0 Å². The summed E-state index contributed by atoms with van der Waals surface area (Å²) in [4.78, 5) is 8.66. The number of rotatable bonds is 4. The highest BCUT2D eigenvalue weighted by atomic mass is 16.5. The Hall–Kier alpha value is -1.85. The van der Waals surface area contributed by atoms with Crippen LogP contribution in [0, 0.1) is 5.92 Å². The number of fused-ring (bicyclic) bond motifs is 1. The smallest absolute Gasteiger partial charge is 0.229 e. The zero-order chi connectivity index (χ0) is 13.1. The summed E-state index contributed by atoms with van der Waals surface area (Å²) in [5, 5.41) is 10.6. The molecule has 0 unspecified atom stereocenters. The maximum absolute atomic E-state index is 5.91. The minimum atomic E-state index is 0.551. The van der Waals surface area contributed by atoms with E-state index in [1.54, 1.807) is 13.2 Å². The van der Waals surface area contributed by atoms with Crippen LogP contribution in [0.15, 0.2) is 6.20 Å². The van der Waals surface area contributed by atoms with E-state index in [0.717, 1.165) is 12.0 Å². The molecule has 2 heterocycles. The molecule has 1 saturated carbocycles. The fourth-order valence-corrected chi connectivity index (χ4v) is 2.58. The van der Waals surface area contributed by atoms with Gasteiger partial charge in [0, 0.05) is 7.05 Å². The molecular formula is C13H19N5O. The maximum Gasteiger partial charge on any atom is 0.229 e. The van der Waals surface area contributed by atoms with Crippen LogP contribution in [0.1, 0.15) is 32.1 Å². The minimum Gasteiger partial charge on any atom is -0.477 e. The van der Waals surface area contributed by atoms with E-state index in [1.165, 1.54) is 32.1 Å². The zero-order valence-electron chi connectivity index (χ0n) is 11.1. The molecule has 1 aliphatic carbocycles. The van der Waals surface area contributed by atoms with Crippen molar-refractivity contribution >= 4 is 17.0 Å². The summed E-state index contributed by atoms with van der Waals surface area (Å²) in [5.41, 5.74) is 0.706. The fraction of sp³-hybridized carbons (Fsp3) is 0.615. The van der Waals surface area contributed by atoms with Gasteiger partial charge in [0.2, 0.25) is 11.8 Å². The van der Waals surface area contributed by atoms with Gasteiger partial charge in [-0.2, -0.15) is 15.1 Å². The quantitative estimate of drug-likeness (QED) is 0.883. The number of aromatic amines is 1. The molecule has 6 heteroatoms. The Bertz CT molecular complexity index is 547. The third kappa shape index (κ3) is 2.62. The lowest BCUT2D eigenvalue weighted by atomic mass is 9.90. The number of aromatic nitrogens is 4. The second-order valence-electron chi connectivity index (χ2n) is 5.05. The van der Waals surface area contributed by atoms with Crippen LogP contribution in [-0.4, -0.2) is 33.8 Å². The molecule has 3 rings (SSSR count). The number of nitrogens with one attached hydrogen (secondary N) is 2. The predicted molar refractivity (Wildman–Crippen MR) is 73.3 cm³/mol. The number of hydrogen-bond donors (Lipinski definition) is 2. The molecule has 0 saturated heterocycles. The lowest BCUT2D eigenvalue weighted by molar-refractivity contribution is 0.205. The first kappa shape index (κ1) is 12.2. The van der Waals surface area contributed by atoms with Crippen LogP contribution in [0.5, 0.6) is 5.88 Å². The summed E-state index contributed by atoms with van der Waals surface area (Å²) < 4.78 is 5.91. The molecule has 19 heavy (non-hydrogen) atoms. The van der Waals surface area contributed by atoms with Crippen molar-refractivity contribution in [3.63, 3.8) is 0 Å². The van der Waals surface area contributed by atoms with Crippen molar-refractivity contribution in [1.82, 2.24) is 20.2 Å². The van der Waals surface area contributed by atoms with Crippen LogP contribution < -0.4 is 10.1 Å². The summed E-state index contributed by atoms with van der Waals surface area (Å²) in [6, 6.07) is 0. The van der Waals surface area contributed by atoms with E-state index in [0.29, 0.717) is 23.4 Å². The number of anilines is 1. The first-order valence-corrected chi connectivity index (χ1v) is 6.88. The number of H-pyrrole nitrogens is 1. The lowest BCUT2D eigenvalue weighted by Crippen LogP contribution is -2.16. The van der Waals surface area contributed by atoms with Crippen molar-refractivity contribution in [3.05, 3.63) is 6.20 Å². The van der Waals surface area contributed by atoms with Crippen LogP contribution in [-0.2, 0) is 0 Å². The van der Waals surface area contributed by atoms with E-state index in [9.17, 15) is 0 Å². The third-order valence-corrected chi connectivity index (χ3v) is 3.68. The topological polar surface area (TPSA) is 75.7 Å². The van der Waals surface area contributed by atoms with Gasteiger partial charge in [0.15, 0.2) is 5.65 Å². The Morgan fingerprint density at radius 1 is 1.32 bits per heavy atom. The number of hydrogen-bond acceptors (Lipinski definition) is 5. The van der Waals surface area contributed by atoms with Gasteiger partial charge in [-0.15, -0.1) is 0 Å². The standard InChI is InChI=1S/C13H19N5O/c1-14-13-16-11-10(7-15-18-11)12(17-13)19-8-9-5-3-2-4-6-9/h7,9H,2-6,8H2,1H3,(H2,14,15,16,17,18). The summed E-state index contributed by atoms with van der Waals surface area (Å²) in [6.07, 6.45) is 8.24. The average Bonchev–Trinajstić information content (AvgIpc) is 2.94. The molecule has 0 atom stereocenters. The highest BCUT2D eigenvalue weighted by molar-refractivity contribution is 5.80. The SMILES string of the molecule is CNc1nc(OCC2CCCCC2)c2cn[nH]c2n1. The predicted octanol–water partition coefficient (Wildman–Crippen LogP) is 2.35. The Morgan fingerprint density at radius 2 is 2.16 bits per heavy atom. The Labute approximate surface area is 112 Å². The third-order valence-electron chi connectivity index (χ3n) is 3.68. The van der Waals surface area contributed by atoms with Gasteiger partial charge < -0.3 is 10.1 Å². The first-order chi connectivity index (χ1) is 9.36. The van der Waals surface area contributed by atoms with Gasteiger partial charge in [-0.3, -0.25) is 5.10 Å². The van der Waals surface area contributed by atoms with Crippen molar-refractivity contribution in [2.45, 2.75) is 32.1 Å². The van der Waals surface area contributed by atoms with Crippen molar-refractivity contribution in [2.75, 3.05) is 19.0 Å². The van der Waals surface area contributed by atoms with Crippen molar-refractivity contribution in [2.24, 2.45) is 5.92 Å². The van der Waals surface area contributed by atoms with Gasteiger partial charge in [-0.05, 0) is 18.8 Å². The highest BCUT2D eigenvalue weighted by Gasteiger charge is 2.16. The molecule has 0 spiro atoms. The Kier molecular flexibility index (Phi) is 3.48. The molecule has 1 aliphatic rings. The molecule has 0 aromatic carbocycles. The van der Waals surface area contributed by atoms with Gasteiger partial charge >= 0.3 is 0 Å². The van der Waals surface area contributed by atoms with Crippen molar-refractivity contribution in [3.8, 4) is 5.88 Å². The second-order valence-corrected chi connectivity index (χ2v) is 5.05. The van der Waals surface area contributed by atoms with E-state index in [-0.39, 0.29) is 0 Å². The van der Waals surface area contributed by atoms with Gasteiger partial charge in [0.05, 0.1) is 12.8 Å². The van der Waals surface area contributed by atoms with Gasteiger partial charge in [0.1, 0.15) is 5.39 Å². The largest absolute Gasteiger partial charge is 0.477 e. The molecule has 102 valence electrons. The molecule has 0 amide bonds. The molecule has 0 radical (unpaired) electrons. The summed E-state index contributed by atoms with van der Waals surface area (Å²) >= 11 is 0. The molecular weight excluding hydrogens is 242 g/mol. The summed E-state index contributed by atoms with van der Waals surface area (Å²) in [5.74, 6) is 1.83. The first-order valence-electron chi connectivity index (χ1n) is 6.88. The monoisotopic (exact) mass is 261 g/mol. The van der Waals surface area contributed by atoms with Crippen LogP contribution in [0.25, 0.3) is 11.0 Å². The van der Waals surface area contributed by atoms with E-state index >= 15 is 0 Å². The highest BCUT2D eigenvalue weighted by Crippen LogP contribution is 2.26. The van der Waals surface area contributed by atoms with Gasteiger partial charge in [-0.25, -0.2) is 0 Å². The lowest BCUT2D eigenvalue weighted by Gasteiger charge is -2.21. The minimum absolute atomic E-state index is 0.551. The van der Waals surface area contributed by atoms with E-state index < -0.39 is 0 Å². The van der Waals surface area contributed by atoms with Gasteiger partial charge in [-0.1, -0.05) is 19.3 Å². The molecule has 2 aromatic heterocycles. The average molecular weight is 261 g/mol. The molecule has 1 fully saturated rings. The maximum atomic E-state index is 5.91. The number of nitrogens with zero attached hydrogens (tertiary/aromatic N) is 3. The molecule has 0 bridgehead atoms. The second kappa shape index (κ2) is 5.42.